The third-order valence-corrected chi connectivity index (χ3v) is 2.39. The van der Waals surface area contributed by atoms with Gasteiger partial charge in [0.25, 0.3) is 0 Å². The summed E-state index contributed by atoms with van der Waals surface area (Å²) in [7, 11) is 0. The molecule has 0 unspecified atom stereocenters. The van der Waals surface area contributed by atoms with E-state index in [4.69, 9.17) is 4.74 Å². The smallest absolute Gasteiger partial charge is 0.162 e. The summed E-state index contributed by atoms with van der Waals surface area (Å²) in [5, 5.41) is 2.28. The maximum atomic E-state index is 10.8. The Morgan fingerprint density at radius 2 is 1.75 bits per heavy atom. The van der Waals surface area contributed by atoms with E-state index in [1.807, 2.05) is 42.5 Å². The van der Waals surface area contributed by atoms with Crippen molar-refractivity contribution in [3.8, 4) is 5.75 Å². The Hall–Kier alpha value is -1.83. The minimum absolute atomic E-state index is 0.718. The first-order valence-corrected chi connectivity index (χ1v) is 5.25. The van der Waals surface area contributed by atoms with Gasteiger partial charge in [0.15, 0.2) is 11.9 Å². The van der Waals surface area contributed by atoms with Gasteiger partial charge in [0, 0.05) is 0 Å². The van der Waals surface area contributed by atoms with Crippen molar-refractivity contribution in [2.45, 2.75) is 19.4 Å². The first-order valence-electron chi connectivity index (χ1n) is 5.25. The molecular formula is C14H14O2. The molecule has 0 heterocycles. The largest absolute Gasteiger partial charge is 0.480 e. The van der Waals surface area contributed by atoms with Crippen LogP contribution in [-0.4, -0.2) is 11.9 Å². The van der Waals surface area contributed by atoms with Gasteiger partial charge in [-0.15, -0.1) is 0 Å². The van der Waals surface area contributed by atoms with Gasteiger partial charge in [0.1, 0.15) is 5.75 Å². The molecule has 0 N–H and O–H groups in total. The molecule has 16 heavy (non-hydrogen) atoms. The molecule has 0 spiro atoms. The van der Waals surface area contributed by atoms with Crippen LogP contribution in [0.5, 0.6) is 5.75 Å². The highest BCUT2D eigenvalue weighted by Gasteiger charge is 2.18. The summed E-state index contributed by atoms with van der Waals surface area (Å²) in [6.07, 6.45) is 0.808. The normalized spacial score (nSPS) is 11.4. The van der Waals surface area contributed by atoms with Crippen LogP contribution in [0.15, 0.2) is 42.5 Å². The Kier molecular flexibility index (Phi) is 2.65. The fraction of sp³-hybridized carbons (Fsp3) is 0.214. The van der Waals surface area contributed by atoms with Crippen molar-refractivity contribution in [3.05, 3.63) is 42.5 Å². The quantitative estimate of drug-likeness (QED) is 0.733. The SMILES string of the molecule is CC(C)(C=O)Oc1ccc2ccccc2c1. The lowest BCUT2D eigenvalue weighted by Crippen LogP contribution is -2.29. The summed E-state index contributed by atoms with van der Waals surface area (Å²) in [5.74, 6) is 0.718. The predicted molar refractivity (Wildman–Crippen MR) is 64.7 cm³/mol. The average molecular weight is 214 g/mol. The molecule has 0 amide bonds. The van der Waals surface area contributed by atoms with Gasteiger partial charge in [-0.25, -0.2) is 0 Å². The van der Waals surface area contributed by atoms with Crippen molar-refractivity contribution in [2.75, 3.05) is 0 Å². The average Bonchev–Trinajstić information content (AvgIpc) is 2.28. The van der Waals surface area contributed by atoms with Gasteiger partial charge in [0.05, 0.1) is 0 Å². The second-order valence-corrected chi connectivity index (χ2v) is 4.33. The van der Waals surface area contributed by atoms with E-state index in [9.17, 15) is 4.79 Å². The van der Waals surface area contributed by atoms with Crippen molar-refractivity contribution in [1.82, 2.24) is 0 Å². The Morgan fingerprint density at radius 3 is 2.44 bits per heavy atom. The highest BCUT2D eigenvalue weighted by Crippen LogP contribution is 2.23. The number of hydrogen-bond donors (Lipinski definition) is 0. The van der Waals surface area contributed by atoms with Crippen LogP contribution >= 0.6 is 0 Å². The number of carbonyl (C=O) groups is 1. The van der Waals surface area contributed by atoms with Crippen LogP contribution in [0, 0.1) is 0 Å². The molecule has 0 radical (unpaired) electrons. The van der Waals surface area contributed by atoms with E-state index in [1.165, 1.54) is 5.39 Å². The highest BCUT2D eigenvalue weighted by atomic mass is 16.5. The second-order valence-electron chi connectivity index (χ2n) is 4.33. The molecule has 2 aromatic rings. The van der Waals surface area contributed by atoms with Gasteiger partial charge in [-0.05, 0) is 36.8 Å². The number of fused-ring (bicyclic) bond motifs is 1. The van der Waals surface area contributed by atoms with Crippen LogP contribution < -0.4 is 4.74 Å². The first-order chi connectivity index (χ1) is 7.61. The van der Waals surface area contributed by atoms with Crippen molar-refractivity contribution < 1.29 is 9.53 Å². The lowest BCUT2D eigenvalue weighted by atomic mass is 10.1. The van der Waals surface area contributed by atoms with Gasteiger partial charge >= 0.3 is 0 Å². The minimum atomic E-state index is -0.775. The summed E-state index contributed by atoms with van der Waals surface area (Å²) in [5.41, 5.74) is -0.775. The minimum Gasteiger partial charge on any atom is -0.480 e. The second kappa shape index (κ2) is 3.97. The molecule has 0 bridgehead atoms. The van der Waals surface area contributed by atoms with Crippen molar-refractivity contribution >= 4 is 17.1 Å². The zero-order valence-electron chi connectivity index (χ0n) is 9.44. The first kappa shape index (κ1) is 10.7. The van der Waals surface area contributed by atoms with E-state index in [1.54, 1.807) is 13.8 Å². The zero-order valence-corrected chi connectivity index (χ0v) is 9.44. The molecule has 0 aliphatic rings. The molecular weight excluding hydrogens is 200 g/mol. The predicted octanol–water partition coefficient (Wildman–Crippen LogP) is 3.20. The molecule has 2 heteroatoms. The third kappa shape index (κ3) is 2.22. The van der Waals surface area contributed by atoms with E-state index in [0.29, 0.717) is 0 Å². The molecule has 2 rings (SSSR count). The molecule has 0 aliphatic carbocycles. The van der Waals surface area contributed by atoms with Gasteiger partial charge in [-0.3, -0.25) is 4.79 Å². The molecule has 0 atom stereocenters. The molecule has 2 aromatic carbocycles. The van der Waals surface area contributed by atoms with E-state index in [0.717, 1.165) is 17.4 Å². The van der Waals surface area contributed by atoms with E-state index >= 15 is 0 Å². The third-order valence-electron chi connectivity index (χ3n) is 2.39. The van der Waals surface area contributed by atoms with Gasteiger partial charge in [-0.1, -0.05) is 30.3 Å². The Balaban J connectivity index is 2.36. The Morgan fingerprint density at radius 1 is 1.06 bits per heavy atom. The molecule has 0 aliphatic heterocycles. The van der Waals surface area contributed by atoms with Gasteiger partial charge in [-0.2, -0.15) is 0 Å². The summed E-state index contributed by atoms with van der Waals surface area (Å²) >= 11 is 0. The van der Waals surface area contributed by atoms with Crippen LogP contribution in [0.4, 0.5) is 0 Å². The molecule has 0 saturated carbocycles. The number of benzene rings is 2. The number of rotatable bonds is 3. The maximum Gasteiger partial charge on any atom is 0.162 e. The van der Waals surface area contributed by atoms with Crippen molar-refractivity contribution in [2.24, 2.45) is 0 Å². The lowest BCUT2D eigenvalue weighted by Gasteiger charge is -2.19. The lowest BCUT2D eigenvalue weighted by molar-refractivity contribution is -0.118. The number of ether oxygens (including phenoxy) is 1. The van der Waals surface area contributed by atoms with E-state index < -0.39 is 5.60 Å². The van der Waals surface area contributed by atoms with Crippen LogP contribution in [0.3, 0.4) is 0 Å². The fourth-order valence-corrected chi connectivity index (χ4v) is 1.56. The summed E-state index contributed by atoms with van der Waals surface area (Å²) in [6, 6.07) is 13.9. The van der Waals surface area contributed by atoms with Crippen molar-refractivity contribution in [1.29, 1.82) is 0 Å². The molecule has 0 fully saturated rings. The van der Waals surface area contributed by atoms with Crippen LogP contribution in [-0.2, 0) is 4.79 Å². The molecule has 82 valence electrons. The molecule has 0 aromatic heterocycles. The summed E-state index contributed by atoms with van der Waals surface area (Å²) in [4.78, 5) is 10.8. The van der Waals surface area contributed by atoms with E-state index in [-0.39, 0.29) is 0 Å². The highest BCUT2D eigenvalue weighted by molar-refractivity contribution is 5.83. The summed E-state index contributed by atoms with van der Waals surface area (Å²) in [6.45, 7) is 3.49. The Labute approximate surface area is 94.8 Å². The monoisotopic (exact) mass is 214 g/mol. The molecule has 0 saturated heterocycles. The van der Waals surface area contributed by atoms with Crippen LogP contribution in [0.1, 0.15) is 13.8 Å². The zero-order chi connectivity index (χ0) is 11.6. The standard InChI is InChI=1S/C14H14O2/c1-14(2,10-15)16-13-8-7-11-5-3-4-6-12(11)9-13/h3-10H,1-2H3. The van der Waals surface area contributed by atoms with Crippen molar-refractivity contribution in [3.63, 3.8) is 0 Å². The fourth-order valence-electron chi connectivity index (χ4n) is 1.56. The maximum absolute atomic E-state index is 10.8. The van der Waals surface area contributed by atoms with Crippen LogP contribution in [0.25, 0.3) is 10.8 Å². The van der Waals surface area contributed by atoms with Gasteiger partial charge in [0.2, 0.25) is 0 Å². The van der Waals surface area contributed by atoms with Gasteiger partial charge < -0.3 is 4.74 Å². The number of carbonyl (C=O) groups excluding carboxylic acids is 1. The number of aldehydes is 1. The number of hydrogen-bond acceptors (Lipinski definition) is 2. The van der Waals surface area contributed by atoms with Crippen LogP contribution in [0.2, 0.25) is 0 Å². The Bertz CT molecular complexity index is 515. The molecule has 2 nitrogen and oxygen atoms in total. The summed E-state index contributed by atoms with van der Waals surface area (Å²) < 4.78 is 5.59. The van der Waals surface area contributed by atoms with E-state index in [2.05, 4.69) is 0 Å². The topological polar surface area (TPSA) is 26.3 Å².